The molecule has 0 saturated carbocycles. The summed E-state index contributed by atoms with van der Waals surface area (Å²) < 4.78 is 0. The van der Waals surface area contributed by atoms with Gasteiger partial charge in [0.25, 0.3) is 0 Å². The summed E-state index contributed by atoms with van der Waals surface area (Å²) >= 11 is 1.82. The molecule has 4 heteroatoms. The molecule has 1 saturated heterocycles. The van der Waals surface area contributed by atoms with Crippen LogP contribution in [0, 0.1) is 6.92 Å². The molecule has 1 aliphatic heterocycles. The third-order valence-corrected chi connectivity index (χ3v) is 4.28. The Morgan fingerprint density at radius 2 is 2.07 bits per heavy atom. The van der Waals surface area contributed by atoms with E-state index in [1.807, 2.05) is 17.5 Å². The Balaban J connectivity index is 2.17. The molecule has 0 spiro atoms. The molecule has 1 aromatic heterocycles. The van der Waals surface area contributed by atoms with Crippen LogP contribution in [0.4, 0.5) is 0 Å². The average molecular weight is 225 g/mol. The molecule has 1 fully saturated rings. The first-order chi connectivity index (χ1) is 7.10. The van der Waals surface area contributed by atoms with E-state index < -0.39 is 0 Å². The van der Waals surface area contributed by atoms with Gasteiger partial charge in [-0.05, 0) is 20.8 Å². The van der Waals surface area contributed by atoms with Gasteiger partial charge in [0, 0.05) is 37.3 Å². The van der Waals surface area contributed by atoms with Crippen molar-refractivity contribution < 1.29 is 0 Å². The fraction of sp³-hybridized carbons (Fsp3) is 0.727. The number of hydrogen-bond donors (Lipinski definition) is 1. The van der Waals surface area contributed by atoms with E-state index in [0.717, 1.165) is 26.2 Å². The van der Waals surface area contributed by atoms with E-state index in [4.69, 9.17) is 0 Å². The molecule has 1 N–H and O–H groups in total. The molecule has 2 rings (SSSR count). The van der Waals surface area contributed by atoms with Gasteiger partial charge in [0.15, 0.2) is 0 Å². The minimum Gasteiger partial charge on any atom is -0.314 e. The molecular weight excluding hydrogens is 206 g/mol. The Bertz CT molecular complexity index is 326. The highest BCUT2D eigenvalue weighted by Crippen LogP contribution is 2.30. The lowest BCUT2D eigenvalue weighted by Gasteiger charge is -2.39. The van der Waals surface area contributed by atoms with Crippen LogP contribution in [0.3, 0.4) is 0 Å². The van der Waals surface area contributed by atoms with Crippen molar-refractivity contribution in [1.29, 1.82) is 0 Å². The number of nitrogens with one attached hydrogen (secondary N) is 1. The first-order valence-electron chi connectivity index (χ1n) is 5.49. The van der Waals surface area contributed by atoms with Crippen LogP contribution < -0.4 is 5.32 Å². The van der Waals surface area contributed by atoms with Crippen molar-refractivity contribution in [3.05, 3.63) is 16.1 Å². The van der Waals surface area contributed by atoms with Crippen molar-refractivity contribution in [2.24, 2.45) is 0 Å². The summed E-state index contributed by atoms with van der Waals surface area (Å²) in [5.74, 6) is 0. The monoisotopic (exact) mass is 225 g/mol. The smallest absolute Gasteiger partial charge is 0.113 e. The number of piperazine rings is 1. The zero-order chi connectivity index (χ0) is 10.9. The molecule has 15 heavy (non-hydrogen) atoms. The molecule has 1 aliphatic rings. The van der Waals surface area contributed by atoms with Gasteiger partial charge in [-0.3, -0.25) is 4.90 Å². The zero-order valence-corrected chi connectivity index (χ0v) is 10.5. The van der Waals surface area contributed by atoms with E-state index in [9.17, 15) is 0 Å². The van der Waals surface area contributed by atoms with Crippen LogP contribution in [0.25, 0.3) is 0 Å². The lowest BCUT2D eigenvalue weighted by atomic mass is 10.0. The Kier molecular flexibility index (Phi) is 3.09. The number of aryl methyl sites for hydroxylation is 1. The summed E-state index contributed by atoms with van der Waals surface area (Å²) in [7, 11) is 0. The number of nitrogens with zero attached hydrogens (tertiary/aromatic N) is 2. The van der Waals surface area contributed by atoms with Gasteiger partial charge >= 0.3 is 0 Å². The van der Waals surface area contributed by atoms with E-state index in [1.165, 1.54) is 9.88 Å². The average Bonchev–Trinajstić information content (AvgIpc) is 2.67. The normalized spacial score (nSPS) is 19.4. The predicted octanol–water partition coefficient (Wildman–Crippen LogP) is 1.59. The molecule has 0 aliphatic carbocycles. The largest absolute Gasteiger partial charge is 0.314 e. The van der Waals surface area contributed by atoms with Crippen LogP contribution >= 0.6 is 11.3 Å². The van der Waals surface area contributed by atoms with Crippen molar-refractivity contribution in [3.63, 3.8) is 0 Å². The fourth-order valence-electron chi connectivity index (χ4n) is 2.00. The Hall–Kier alpha value is -0.450. The van der Waals surface area contributed by atoms with Gasteiger partial charge in [-0.25, -0.2) is 4.98 Å². The minimum absolute atomic E-state index is 0.0844. The lowest BCUT2D eigenvalue weighted by Crippen LogP contribution is -2.51. The summed E-state index contributed by atoms with van der Waals surface area (Å²) in [6, 6.07) is 0. The third-order valence-electron chi connectivity index (χ3n) is 3.05. The second kappa shape index (κ2) is 4.20. The van der Waals surface area contributed by atoms with E-state index >= 15 is 0 Å². The molecule has 0 atom stereocenters. The number of thiazole rings is 1. The Morgan fingerprint density at radius 1 is 1.40 bits per heavy atom. The maximum atomic E-state index is 4.52. The van der Waals surface area contributed by atoms with Gasteiger partial charge in [-0.15, -0.1) is 11.3 Å². The zero-order valence-electron chi connectivity index (χ0n) is 9.71. The van der Waals surface area contributed by atoms with Crippen LogP contribution in [0.15, 0.2) is 6.20 Å². The molecule has 1 aromatic rings. The summed E-state index contributed by atoms with van der Waals surface area (Å²) in [4.78, 5) is 8.33. The van der Waals surface area contributed by atoms with Crippen LogP contribution in [-0.4, -0.2) is 36.1 Å². The quantitative estimate of drug-likeness (QED) is 0.828. The van der Waals surface area contributed by atoms with Gasteiger partial charge in [-0.1, -0.05) is 0 Å². The van der Waals surface area contributed by atoms with E-state index in [0.29, 0.717) is 0 Å². The van der Waals surface area contributed by atoms with E-state index in [1.54, 1.807) is 0 Å². The van der Waals surface area contributed by atoms with Crippen LogP contribution in [0.5, 0.6) is 0 Å². The number of aromatic nitrogens is 1. The molecule has 0 aromatic carbocycles. The lowest BCUT2D eigenvalue weighted by molar-refractivity contribution is 0.102. The second-order valence-corrected chi connectivity index (χ2v) is 5.81. The van der Waals surface area contributed by atoms with Gasteiger partial charge in [0.1, 0.15) is 5.01 Å². The van der Waals surface area contributed by atoms with Crippen molar-refractivity contribution in [2.75, 3.05) is 26.2 Å². The Morgan fingerprint density at radius 3 is 2.60 bits per heavy atom. The Labute approximate surface area is 95.5 Å². The first kappa shape index (κ1) is 11.0. The molecule has 0 amide bonds. The van der Waals surface area contributed by atoms with Crippen molar-refractivity contribution in [2.45, 2.75) is 26.3 Å². The second-order valence-electron chi connectivity index (χ2n) is 4.57. The summed E-state index contributed by atoms with van der Waals surface area (Å²) in [6.45, 7) is 11.1. The molecular formula is C11H19N3S. The summed E-state index contributed by atoms with van der Waals surface area (Å²) in [5.41, 5.74) is 0.0844. The first-order valence-corrected chi connectivity index (χ1v) is 6.31. The maximum Gasteiger partial charge on any atom is 0.113 e. The van der Waals surface area contributed by atoms with Gasteiger partial charge < -0.3 is 5.32 Å². The van der Waals surface area contributed by atoms with Crippen LogP contribution in [-0.2, 0) is 5.54 Å². The predicted molar refractivity (Wildman–Crippen MR) is 64.3 cm³/mol. The highest BCUT2D eigenvalue weighted by atomic mass is 32.1. The van der Waals surface area contributed by atoms with Crippen molar-refractivity contribution in [3.8, 4) is 0 Å². The maximum absolute atomic E-state index is 4.52. The van der Waals surface area contributed by atoms with Crippen LogP contribution in [0.2, 0.25) is 0 Å². The van der Waals surface area contributed by atoms with Crippen molar-refractivity contribution >= 4 is 11.3 Å². The molecule has 3 nitrogen and oxygen atoms in total. The molecule has 0 unspecified atom stereocenters. The van der Waals surface area contributed by atoms with Gasteiger partial charge in [0.2, 0.25) is 0 Å². The molecule has 0 radical (unpaired) electrons. The van der Waals surface area contributed by atoms with Gasteiger partial charge in [0.05, 0.1) is 5.54 Å². The highest BCUT2D eigenvalue weighted by Gasteiger charge is 2.31. The molecule has 2 heterocycles. The number of hydrogen-bond acceptors (Lipinski definition) is 4. The summed E-state index contributed by atoms with van der Waals surface area (Å²) in [5, 5.41) is 4.62. The van der Waals surface area contributed by atoms with E-state index in [-0.39, 0.29) is 5.54 Å². The molecule has 84 valence electrons. The topological polar surface area (TPSA) is 28.2 Å². The third kappa shape index (κ3) is 2.22. The highest BCUT2D eigenvalue weighted by molar-refractivity contribution is 7.11. The SMILES string of the molecule is Cc1cnc(C(C)(C)N2CCNCC2)s1. The standard InChI is InChI=1S/C11H19N3S/c1-9-8-13-10(15-9)11(2,3)14-6-4-12-5-7-14/h8,12H,4-7H2,1-3H3. The molecule has 0 bridgehead atoms. The number of rotatable bonds is 2. The van der Waals surface area contributed by atoms with Crippen molar-refractivity contribution in [1.82, 2.24) is 15.2 Å². The van der Waals surface area contributed by atoms with Gasteiger partial charge in [-0.2, -0.15) is 0 Å². The van der Waals surface area contributed by atoms with E-state index in [2.05, 4.69) is 36.0 Å². The minimum atomic E-state index is 0.0844. The van der Waals surface area contributed by atoms with Crippen LogP contribution in [0.1, 0.15) is 23.7 Å². The fourth-order valence-corrected chi connectivity index (χ4v) is 2.89. The summed E-state index contributed by atoms with van der Waals surface area (Å²) in [6.07, 6.45) is 1.98.